The van der Waals surface area contributed by atoms with Crippen molar-refractivity contribution in [3.05, 3.63) is 69.4 Å². The van der Waals surface area contributed by atoms with E-state index < -0.39 is 17.6 Å². The fraction of sp³-hybridized carbons (Fsp3) is 0.200. The van der Waals surface area contributed by atoms with Crippen LogP contribution in [0.5, 0.6) is 0 Å². The van der Waals surface area contributed by atoms with Gasteiger partial charge in [0.05, 0.1) is 5.56 Å². The van der Waals surface area contributed by atoms with Crippen molar-refractivity contribution in [1.29, 1.82) is 0 Å². The van der Waals surface area contributed by atoms with Crippen molar-refractivity contribution in [1.82, 2.24) is 5.32 Å². The lowest BCUT2D eigenvalue weighted by Crippen LogP contribution is -2.17. The SMILES string of the molecule is Fc1cc(Br)cc(CNCc2ccccc2C(F)(F)F)c1. The van der Waals surface area contributed by atoms with Crippen molar-refractivity contribution >= 4 is 15.9 Å². The summed E-state index contributed by atoms with van der Waals surface area (Å²) in [6.07, 6.45) is -4.37. The first-order valence-corrected chi connectivity index (χ1v) is 6.96. The molecule has 2 rings (SSSR count). The van der Waals surface area contributed by atoms with Gasteiger partial charge in [0, 0.05) is 17.6 Å². The molecule has 0 amide bonds. The summed E-state index contributed by atoms with van der Waals surface area (Å²) in [7, 11) is 0. The van der Waals surface area contributed by atoms with E-state index in [1.54, 1.807) is 12.1 Å². The van der Waals surface area contributed by atoms with E-state index in [2.05, 4.69) is 21.2 Å². The van der Waals surface area contributed by atoms with E-state index in [0.717, 1.165) is 6.07 Å². The Kier molecular flexibility index (Phi) is 5.00. The fourth-order valence-corrected chi connectivity index (χ4v) is 2.52. The van der Waals surface area contributed by atoms with Gasteiger partial charge in [-0.15, -0.1) is 0 Å². The van der Waals surface area contributed by atoms with Crippen molar-refractivity contribution in [2.24, 2.45) is 0 Å². The van der Waals surface area contributed by atoms with Crippen molar-refractivity contribution in [2.45, 2.75) is 19.3 Å². The van der Waals surface area contributed by atoms with Gasteiger partial charge in [-0.3, -0.25) is 0 Å². The Morgan fingerprint density at radius 2 is 1.71 bits per heavy atom. The number of rotatable bonds is 4. The van der Waals surface area contributed by atoms with Gasteiger partial charge >= 0.3 is 6.18 Å². The highest BCUT2D eigenvalue weighted by Crippen LogP contribution is 2.31. The van der Waals surface area contributed by atoms with Crippen molar-refractivity contribution in [3.8, 4) is 0 Å². The van der Waals surface area contributed by atoms with Gasteiger partial charge in [-0.2, -0.15) is 13.2 Å². The molecule has 1 N–H and O–H groups in total. The molecule has 2 aromatic carbocycles. The van der Waals surface area contributed by atoms with Gasteiger partial charge in [0.25, 0.3) is 0 Å². The molecule has 0 spiro atoms. The molecule has 21 heavy (non-hydrogen) atoms. The van der Waals surface area contributed by atoms with E-state index in [9.17, 15) is 17.6 Å². The zero-order valence-corrected chi connectivity index (χ0v) is 12.4. The minimum absolute atomic E-state index is 0.0593. The fourth-order valence-electron chi connectivity index (χ4n) is 2.01. The van der Waals surface area contributed by atoms with Crippen LogP contribution in [0.25, 0.3) is 0 Å². The van der Waals surface area contributed by atoms with E-state index in [4.69, 9.17) is 0 Å². The van der Waals surface area contributed by atoms with Crippen LogP contribution in [-0.4, -0.2) is 0 Å². The Bertz CT molecular complexity index is 605. The zero-order chi connectivity index (χ0) is 15.5. The minimum Gasteiger partial charge on any atom is -0.309 e. The van der Waals surface area contributed by atoms with E-state index in [-0.39, 0.29) is 18.7 Å². The number of alkyl halides is 3. The van der Waals surface area contributed by atoms with Gasteiger partial charge in [-0.05, 0) is 35.4 Å². The van der Waals surface area contributed by atoms with Gasteiger partial charge in [0.15, 0.2) is 0 Å². The molecule has 0 aliphatic rings. The Balaban J connectivity index is 2.04. The molecular formula is C15H12BrF4N. The van der Waals surface area contributed by atoms with Gasteiger partial charge in [0.1, 0.15) is 5.82 Å². The number of benzene rings is 2. The maximum atomic E-state index is 13.2. The summed E-state index contributed by atoms with van der Waals surface area (Å²) in [6.45, 7) is 0.340. The Morgan fingerprint density at radius 3 is 2.38 bits per heavy atom. The van der Waals surface area contributed by atoms with Gasteiger partial charge < -0.3 is 5.32 Å². The first-order valence-electron chi connectivity index (χ1n) is 6.17. The second-order valence-electron chi connectivity index (χ2n) is 4.54. The third-order valence-corrected chi connectivity index (χ3v) is 3.35. The highest BCUT2D eigenvalue weighted by Gasteiger charge is 2.32. The summed E-state index contributed by atoms with van der Waals surface area (Å²) in [5.74, 6) is -0.392. The third-order valence-electron chi connectivity index (χ3n) is 2.89. The number of nitrogens with one attached hydrogen (secondary N) is 1. The molecule has 1 nitrogen and oxygen atoms in total. The summed E-state index contributed by atoms with van der Waals surface area (Å²) in [5, 5.41) is 2.90. The summed E-state index contributed by atoms with van der Waals surface area (Å²) in [4.78, 5) is 0. The summed E-state index contributed by atoms with van der Waals surface area (Å²) < 4.78 is 52.2. The van der Waals surface area contributed by atoms with Crippen LogP contribution < -0.4 is 5.32 Å². The van der Waals surface area contributed by atoms with Crippen LogP contribution in [0.4, 0.5) is 17.6 Å². The topological polar surface area (TPSA) is 12.0 Å². The molecule has 0 aliphatic heterocycles. The molecular weight excluding hydrogens is 350 g/mol. The van der Waals surface area contributed by atoms with Crippen LogP contribution in [0, 0.1) is 5.82 Å². The van der Waals surface area contributed by atoms with Gasteiger partial charge in [0.2, 0.25) is 0 Å². The number of hydrogen-bond donors (Lipinski definition) is 1. The molecule has 112 valence electrons. The lowest BCUT2D eigenvalue weighted by molar-refractivity contribution is -0.138. The molecule has 0 heterocycles. The molecule has 0 aliphatic carbocycles. The Labute approximate surface area is 128 Å². The second kappa shape index (κ2) is 6.58. The maximum Gasteiger partial charge on any atom is 0.416 e. The van der Waals surface area contributed by atoms with Crippen LogP contribution in [-0.2, 0) is 19.3 Å². The lowest BCUT2D eigenvalue weighted by atomic mass is 10.1. The van der Waals surface area contributed by atoms with Crippen LogP contribution in [0.15, 0.2) is 46.9 Å². The van der Waals surface area contributed by atoms with Gasteiger partial charge in [-0.1, -0.05) is 34.1 Å². The first kappa shape index (κ1) is 16.0. The highest BCUT2D eigenvalue weighted by molar-refractivity contribution is 9.10. The Morgan fingerprint density at radius 1 is 1.00 bits per heavy atom. The lowest BCUT2D eigenvalue weighted by Gasteiger charge is -2.13. The smallest absolute Gasteiger partial charge is 0.309 e. The van der Waals surface area contributed by atoms with E-state index in [1.165, 1.54) is 24.3 Å². The van der Waals surface area contributed by atoms with Gasteiger partial charge in [-0.25, -0.2) is 4.39 Å². The molecule has 0 radical (unpaired) electrons. The molecule has 6 heteroatoms. The van der Waals surface area contributed by atoms with E-state index in [0.29, 0.717) is 10.0 Å². The molecule has 0 bridgehead atoms. The monoisotopic (exact) mass is 361 g/mol. The zero-order valence-electron chi connectivity index (χ0n) is 10.8. The standard InChI is InChI=1S/C15H12BrF4N/c16-12-5-10(6-13(17)7-12)8-21-9-11-3-1-2-4-14(11)15(18,19)20/h1-7,21H,8-9H2. The van der Waals surface area contributed by atoms with Crippen molar-refractivity contribution in [3.63, 3.8) is 0 Å². The largest absolute Gasteiger partial charge is 0.416 e. The normalized spacial score (nSPS) is 11.7. The first-order chi connectivity index (χ1) is 9.86. The molecule has 0 saturated heterocycles. The molecule has 0 aromatic heterocycles. The van der Waals surface area contributed by atoms with Crippen molar-refractivity contribution < 1.29 is 17.6 Å². The average molecular weight is 362 g/mol. The Hall–Kier alpha value is -1.40. The number of hydrogen-bond acceptors (Lipinski definition) is 1. The average Bonchev–Trinajstić information content (AvgIpc) is 2.37. The van der Waals surface area contributed by atoms with E-state index >= 15 is 0 Å². The summed E-state index contributed by atoms with van der Waals surface area (Å²) >= 11 is 3.17. The predicted octanol–water partition coefficient (Wildman–Crippen LogP) is 4.90. The van der Waals surface area contributed by atoms with E-state index in [1.807, 2.05) is 0 Å². The van der Waals surface area contributed by atoms with Crippen LogP contribution >= 0.6 is 15.9 Å². The molecule has 0 atom stereocenters. The molecule has 0 fully saturated rings. The summed E-state index contributed by atoms with van der Waals surface area (Å²) in [6, 6.07) is 9.77. The predicted molar refractivity (Wildman–Crippen MR) is 76.1 cm³/mol. The van der Waals surface area contributed by atoms with Crippen LogP contribution in [0.2, 0.25) is 0 Å². The molecule has 0 saturated carbocycles. The van der Waals surface area contributed by atoms with Crippen molar-refractivity contribution in [2.75, 3.05) is 0 Å². The second-order valence-corrected chi connectivity index (χ2v) is 5.45. The maximum absolute atomic E-state index is 13.2. The minimum atomic E-state index is -4.37. The van der Waals surface area contributed by atoms with Crippen LogP contribution in [0.3, 0.4) is 0 Å². The molecule has 2 aromatic rings. The quantitative estimate of drug-likeness (QED) is 0.764. The molecule has 0 unspecified atom stereocenters. The third kappa shape index (κ3) is 4.54. The number of halogens is 5. The highest BCUT2D eigenvalue weighted by atomic mass is 79.9. The van der Waals surface area contributed by atoms with Crippen LogP contribution in [0.1, 0.15) is 16.7 Å². The summed E-state index contributed by atoms with van der Waals surface area (Å²) in [5.41, 5.74) is 0.171.